The largest absolute Gasteiger partial charge is 0.488 e. The van der Waals surface area contributed by atoms with Crippen LogP contribution in [-0.2, 0) is 12.7 Å². The number of aromatic nitrogens is 3. The number of halogens is 5. The van der Waals surface area contributed by atoms with Gasteiger partial charge in [-0.3, -0.25) is 4.79 Å². The molecule has 196 valence electrons. The highest BCUT2D eigenvalue weighted by Gasteiger charge is 2.33. The highest BCUT2D eigenvalue weighted by molar-refractivity contribution is 5.99. The second-order valence-electron chi connectivity index (χ2n) is 7.50. The van der Waals surface area contributed by atoms with Crippen molar-refractivity contribution in [1.29, 1.82) is 0 Å². The van der Waals surface area contributed by atoms with Gasteiger partial charge in [0.05, 0.1) is 30.3 Å². The Morgan fingerprint density at radius 2 is 1.72 bits per heavy atom. The number of alkyl halides is 3. The van der Waals surface area contributed by atoms with Gasteiger partial charge in [0.25, 0.3) is 5.56 Å². The van der Waals surface area contributed by atoms with Gasteiger partial charge in [0.2, 0.25) is 0 Å². The van der Waals surface area contributed by atoms with E-state index in [-0.39, 0.29) is 65.4 Å². The SMILES string of the molecule is CCOc1cc(-c2ncc(NC(=O)Nc3ccc(CN(C)C)c(C(F)(F)F)c3)cn2)c[nH]c1=O.Cl.Cl. The van der Waals surface area contributed by atoms with E-state index in [1.165, 1.54) is 36.8 Å². The van der Waals surface area contributed by atoms with E-state index in [0.29, 0.717) is 12.2 Å². The molecule has 0 radical (unpaired) electrons. The van der Waals surface area contributed by atoms with Crippen LogP contribution >= 0.6 is 24.8 Å². The van der Waals surface area contributed by atoms with Crippen molar-refractivity contribution in [2.45, 2.75) is 19.6 Å². The highest BCUT2D eigenvalue weighted by atomic mass is 35.5. The van der Waals surface area contributed by atoms with Crippen molar-refractivity contribution >= 4 is 42.2 Å². The summed E-state index contributed by atoms with van der Waals surface area (Å²) in [4.78, 5) is 36.4. The predicted molar refractivity (Wildman–Crippen MR) is 135 cm³/mol. The summed E-state index contributed by atoms with van der Waals surface area (Å²) in [5, 5.41) is 4.85. The molecule has 0 bridgehead atoms. The van der Waals surface area contributed by atoms with Crippen molar-refractivity contribution in [3.05, 3.63) is 64.3 Å². The molecule has 0 saturated heterocycles. The number of ether oxygens (including phenoxy) is 1. The summed E-state index contributed by atoms with van der Waals surface area (Å²) in [5.74, 6) is 0.398. The molecule has 3 rings (SSSR count). The summed E-state index contributed by atoms with van der Waals surface area (Å²) in [6, 6.07) is 4.36. The van der Waals surface area contributed by atoms with Crippen molar-refractivity contribution < 1.29 is 22.7 Å². The number of hydrogen-bond acceptors (Lipinski definition) is 6. The smallest absolute Gasteiger partial charge is 0.416 e. The number of anilines is 2. The summed E-state index contributed by atoms with van der Waals surface area (Å²) in [5.41, 5.74) is -0.403. The number of H-pyrrole nitrogens is 1. The third-order valence-electron chi connectivity index (χ3n) is 4.50. The molecule has 3 N–H and O–H groups in total. The third kappa shape index (κ3) is 8.11. The molecule has 1 aromatic carbocycles. The van der Waals surface area contributed by atoms with Crippen LogP contribution in [-0.4, -0.2) is 46.6 Å². The fourth-order valence-electron chi connectivity index (χ4n) is 3.09. The first-order valence-electron chi connectivity index (χ1n) is 10.2. The molecule has 0 spiro atoms. The Hall–Kier alpha value is -3.35. The van der Waals surface area contributed by atoms with Gasteiger partial charge in [0.1, 0.15) is 0 Å². The van der Waals surface area contributed by atoms with Crippen LogP contribution < -0.4 is 20.9 Å². The molecule has 2 heterocycles. The molecule has 14 heteroatoms. The standard InChI is InChI=1S/C22H23F3N6O3.2ClH/c1-4-34-18-7-14(9-28-20(18)32)19-26-10-16(11-27-19)30-21(33)29-15-6-5-13(12-31(2)3)17(8-15)22(23,24)25;;/h5-11H,4,12H2,1-3H3,(H,28,32)(H2,29,30,33);2*1H. The third-order valence-corrected chi connectivity index (χ3v) is 4.50. The number of carbonyl (C=O) groups excluding carboxylic acids is 1. The molecule has 36 heavy (non-hydrogen) atoms. The molecule has 3 aromatic rings. The lowest BCUT2D eigenvalue weighted by atomic mass is 10.1. The molecular formula is C22H25Cl2F3N6O3. The number of aromatic amines is 1. The van der Waals surface area contributed by atoms with E-state index in [1.54, 1.807) is 25.9 Å². The molecule has 0 atom stereocenters. The number of benzene rings is 1. The van der Waals surface area contributed by atoms with Gasteiger partial charge < -0.3 is 25.3 Å². The summed E-state index contributed by atoms with van der Waals surface area (Å²) in [6.07, 6.45) is -0.478. The van der Waals surface area contributed by atoms with Gasteiger partial charge >= 0.3 is 12.2 Å². The molecule has 9 nitrogen and oxygen atoms in total. The number of nitrogens with zero attached hydrogens (tertiary/aromatic N) is 3. The zero-order valence-corrected chi connectivity index (χ0v) is 21.1. The minimum absolute atomic E-state index is 0. The number of carbonyl (C=O) groups is 1. The Morgan fingerprint density at radius 1 is 1.08 bits per heavy atom. The van der Waals surface area contributed by atoms with E-state index in [0.717, 1.165) is 6.07 Å². The van der Waals surface area contributed by atoms with Crippen LogP contribution in [0.3, 0.4) is 0 Å². The summed E-state index contributed by atoms with van der Waals surface area (Å²) in [6.45, 7) is 2.16. The van der Waals surface area contributed by atoms with Gasteiger partial charge in [0.15, 0.2) is 11.6 Å². The molecule has 0 aliphatic carbocycles. The van der Waals surface area contributed by atoms with E-state index in [2.05, 4.69) is 25.6 Å². The van der Waals surface area contributed by atoms with E-state index >= 15 is 0 Å². The molecular weight excluding hydrogens is 524 g/mol. The normalized spacial score (nSPS) is 10.8. The first-order valence-corrected chi connectivity index (χ1v) is 10.2. The minimum atomic E-state index is -4.56. The fraction of sp³-hybridized carbons (Fsp3) is 0.273. The summed E-state index contributed by atoms with van der Waals surface area (Å²) in [7, 11) is 3.34. The van der Waals surface area contributed by atoms with Crippen molar-refractivity contribution in [3.8, 4) is 17.1 Å². The van der Waals surface area contributed by atoms with E-state index in [9.17, 15) is 22.8 Å². The van der Waals surface area contributed by atoms with Gasteiger partial charge in [-0.05, 0) is 44.8 Å². The predicted octanol–water partition coefficient (Wildman–Crippen LogP) is 4.80. The van der Waals surface area contributed by atoms with E-state index < -0.39 is 17.8 Å². The fourth-order valence-corrected chi connectivity index (χ4v) is 3.09. The lowest BCUT2D eigenvalue weighted by molar-refractivity contribution is -0.138. The molecule has 2 amide bonds. The number of hydrogen-bond donors (Lipinski definition) is 3. The van der Waals surface area contributed by atoms with Gasteiger partial charge in [-0.1, -0.05) is 6.07 Å². The van der Waals surface area contributed by atoms with Crippen LogP contribution in [0.1, 0.15) is 18.1 Å². The van der Waals surface area contributed by atoms with Gasteiger partial charge in [0, 0.05) is 24.0 Å². The van der Waals surface area contributed by atoms with Crippen LogP contribution in [0, 0.1) is 0 Å². The van der Waals surface area contributed by atoms with Crippen molar-refractivity contribution in [3.63, 3.8) is 0 Å². The van der Waals surface area contributed by atoms with Crippen molar-refractivity contribution in [2.24, 2.45) is 0 Å². The number of amides is 2. The summed E-state index contributed by atoms with van der Waals surface area (Å²) >= 11 is 0. The topological polar surface area (TPSA) is 112 Å². The summed E-state index contributed by atoms with van der Waals surface area (Å²) < 4.78 is 45.6. The average Bonchev–Trinajstić information content (AvgIpc) is 2.76. The average molecular weight is 549 g/mol. The monoisotopic (exact) mass is 548 g/mol. The Balaban J connectivity index is 0.00000324. The quantitative estimate of drug-likeness (QED) is 0.391. The van der Waals surface area contributed by atoms with Crippen LogP contribution in [0.2, 0.25) is 0 Å². The van der Waals surface area contributed by atoms with E-state index in [1.807, 2.05) is 0 Å². The van der Waals surface area contributed by atoms with Crippen molar-refractivity contribution in [1.82, 2.24) is 19.9 Å². The molecule has 2 aromatic heterocycles. The Labute approximate surface area is 217 Å². The molecule has 0 unspecified atom stereocenters. The maximum absolute atomic E-state index is 13.4. The second kappa shape index (κ2) is 13.1. The Bertz CT molecular complexity index is 1220. The second-order valence-corrected chi connectivity index (χ2v) is 7.50. The molecule has 0 aliphatic rings. The zero-order chi connectivity index (χ0) is 24.9. The van der Waals surface area contributed by atoms with Crippen LogP contribution in [0.5, 0.6) is 5.75 Å². The molecule has 0 saturated carbocycles. The van der Waals surface area contributed by atoms with Crippen LogP contribution in [0.4, 0.5) is 29.3 Å². The number of nitrogens with one attached hydrogen (secondary N) is 3. The number of pyridine rings is 1. The lowest BCUT2D eigenvalue weighted by Gasteiger charge is -2.18. The zero-order valence-electron chi connectivity index (χ0n) is 19.5. The Morgan fingerprint density at radius 3 is 2.31 bits per heavy atom. The van der Waals surface area contributed by atoms with Crippen LogP contribution in [0.15, 0.2) is 47.7 Å². The van der Waals surface area contributed by atoms with Crippen molar-refractivity contribution in [2.75, 3.05) is 31.3 Å². The molecule has 0 fully saturated rings. The Kier molecular flexibility index (Phi) is 11.2. The highest BCUT2D eigenvalue weighted by Crippen LogP contribution is 2.34. The van der Waals surface area contributed by atoms with Gasteiger partial charge in [-0.25, -0.2) is 14.8 Å². The lowest BCUT2D eigenvalue weighted by Crippen LogP contribution is -2.21. The van der Waals surface area contributed by atoms with E-state index in [4.69, 9.17) is 4.74 Å². The molecule has 0 aliphatic heterocycles. The maximum Gasteiger partial charge on any atom is 0.416 e. The number of rotatable bonds is 7. The minimum Gasteiger partial charge on any atom is -0.488 e. The number of urea groups is 1. The first-order chi connectivity index (χ1) is 16.1. The maximum atomic E-state index is 13.4. The van der Waals surface area contributed by atoms with Gasteiger partial charge in [-0.15, -0.1) is 24.8 Å². The first kappa shape index (κ1) is 30.7. The van der Waals surface area contributed by atoms with Gasteiger partial charge in [-0.2, -0.15) is 13.2 Å². The van der Waals surface area contributed by atoms with Crippen LogP contribution in [0.25, 0.3) is 11.4 Å².